The molecule has 1 aromatic rings. The maximum Gasteiger partial charge on any atom is 0.0813 e. The Morgan fingerprint density at radius 3 is 2.38 bits per heavy atom. The Morgan fingerprint density at radius 1 is 1.25 bits per heavy atom. The Kier molecular flexibility index (Phi) is 4.62. The largest absolute Gasteiger partial charge is 0.296 e. The molecule has 0 saturated heterocycles. The van der Waals surface area contributed by atoms with Crippen molar-refractivity contribution in [3.8, 4) is 0 Å². The van der Waals surface area contributed by atoms with Crippen LogP contribution in [0.25, 0.3) is 0 Å². The molecule has 1 rings (SSSR count). The average molecular weight is 262 g/mol. The SMILES string of the molecule is CC(NOC(C)(C)C)c1ccc(Cl)cc1Cl. The first-order valence-electron chi connectivity index (χ1n) is 5.18. The highest BCUT2D eigenvalue weighted by molar-refractivity contribution is 6.35. The molecule has 0 amide bonds. The first-order chi connectivity index (χ1) is 7.29. The smallest absolute Gasteiger partial charge is 0.0813 e. The average Bonchev–Trinajstić information content (AvgIpc) is 2.13. The second-order valence-electron chi connectivity index (χ2n) is 4.72. The zero-order valence-corrected chi connectivity index (χ0v) is 11.5. The lowest BCUT2D eigenvalue weighted by Gasteiger charge is -2.23. The van der Waals surface area contributed by atoms with E-state index in [2.05, 4.69) is 5.48 Å². The van der Waals surface area contributed by atoms with E-state index >= 15 is 0 Å². The molecule has 0 aliphatic heterocycles. The third-order valence-corrected chi connectivity index (χ3v) is 2.53. The Bertz CT molecular complexity index is 361. The van der Waals surface area contributed by atoms with Gasteiger partial charge in [-0.1, -0.05) is 29.3 Å². The molecule has 90 valence electrons. The van der Waals surface area contributed by atoms with E-state index < -0.39 is 0 Å². The minimum absolute atomic E-state index is 0.0176. The predicted octanol–water partition coefficient (Wildman–Crippen LogP) is 4.37. The number of halogens is 2. The van der Waals surface area contributed by atoms with Gasteiger partial charge in [-0.15, -0.1) is 0 Å². The van der Waals surface area contributed by atoms with Crippen LogP contribution >= 0.6 is 23.2 Å². The molecule has 16 heavy (non-hydrogen) atoms. The third-order valence-electron chi connectivity index (χ3n) is 1.97. The molecule has 0 saturated carbocycles. The van der Waals surface area contributed by atoms with Crippen LogP contribution < -0.4 is 5.48 Å². The van der Waals surface area contributed by atoms with Gasteiger partial charge in [-0.3, -0.25) is 4.84 Å². The van der Waals surface area contributed by atoms with Crippen LogP contribution in [0, 0.1) is 0 Å². The molecule has 1 N–H and O–H groups in total. The topological polar surface area (TPSA) is 21.3 Å². The number of rotatable bonds is 3. The minimum atomic E-state index is -0.229. The van der Waals surface area contributed by atoms with Gasteiger partial charge in [0.15, 0.2) is 0 Å². The Labute approximate surface area is 107 Å². The lowest BCUT2D eigenvalue weighted by atomic mass is 10.1. The molecule has 0 spiro atoms. The minimum Gasteiger partial charge on any atom is -0.296 e. The molecule has 0 aromatic heterocycles. The highest BCUT2D eigenvalue weighted by Gasteiger charge is 2.15. The van der Waals surface area contributed by atoms with Crippen molar-refractivity contribution in [2.24, 2.45) is 0 Å². The van der Waals surface area contributed by atoms with Gasteiger partial charge in [-0.25, -0.2) is 0 Å². The maximum atomic E-state index is 6.09. The Hall–Kier alpha value is -0.280. The summed E-state index contributed by atoms with van der Waals surface area (Å²) in [6.45, 7) is 7.93. The van der Waals surface area contributed by atoms with Crippen LogP contribution in [-0.2, 0) is 4.84 Å². The highest BCUT2D eigenvalue weighted by atomic mass is 35.5. The van der Waals surface area contributed by atoms with E-state index in [-0.39, 0.29) is 11.6 Å². The molecular weight excluding hydrogens is 245 g/mol. The van der Waals surface area contributed by atoms with Crippen molar-refractivity contribution in [1.82, 2.24) is 5.48 Å². The summed E-state index contributed by atoms with van der Waals surface area (Å²) in [6.07, 6.45) is 0. The zero-order chi connectivity index (χ0) is 12.3. The maximum absolute atomic E-state index is 6.09. The van der Waals surface area contributed by atoms with Crippen LogP contribution in [0.5, 0.6) is 0 Å². The van der Waals surface area contributed by atoms with Crippen molar-refractivity contribution in [3.63, 3.8) is 0 Å². The summed E-state index contributed by atoms with van der Waals surface area (Å²) in [7, 11) is 0. The van der Waals surface area contributed by atoms with Gasteiger partial charge in [-0.2, -0.15) is 5.48 Å². The van der Waals surface area contributed by atoms with Crippen LogP contribution in [-0.4, -0.2) is 5.60 Å². The van der Waals surface area contributed by atoms with Crippen molar-refractivity contribution in [3.05, 3.63) is 33.8 Å². The van der Waals surface area contributed by atoms with E-state index in [1.165, 1.54) is 0 Å². The lowest BCUT2D eigenvalue weighted by Crippen LogP contribution is -2.31. The van der Waals surface area contributed by atoms with Gasteiger partial charge in [0, 0.05) is 10.0 Å². The predicted molar refractivity (Wildman–Crippen MR) is 68.9 cm³/mol. The summed E-state index contributed by atoms with van der Waals surface area (Å²) < 4.78 is 0. The fourth-order valence-electron chi connectivity index (χ4n) is 1.18. The zero-order valence-electron chi connectivity index (χ0n) is 9.97. The van der Waals surface area contributed by atoms with Gasteiger partial charge >= 0.3 is 0 Å². The quantitative estimate of drug-likeness (QED) is 0.816. The van der Waals surface area contributed by atoms with Crippen LogP contribution in [0.4, 0.5) is 0 Å². The summed E-state index contributed by atoms with van der Waals surface area (Å²) in [5, 5.41) is 1.28. The molecule has 0 heterocycles. The van der Waals surface area contributed by atoms with Crippen molar-refractivity contribution < 1.29 is 4.84 Å². The fraction of sp³-hybridized carbons (Fsp3) is 0.500. The van der Waals surface area contributed by atoms with Crippen molar-refractivity contribution >= 4 is 23.2 Å². The van der Waals surface area contributed by atoms with Gasteiger partial charge in [0.05, 0.1) is 11.6 Å². The van der Waals surface area contributed by atoms with E-state index in [0.29, 0.717) is 10.0 Å². The number of hydrogen-bond acceptors (Lipinski definition) is 2. The number of nitrogens with one attached hydrogen (secondary N) is 1. The summed E-state index contributed by atoms with van der Waals surface area (Å²) >= 11 is 11.9. The Balaban J connectivity index is 2.70. The van der Waals surface area contributed by atoms with Gasteiger partial charge < -0.3 is 0 Å². The summed E-state index contributed by atoms with van der Waals surface area (Å²) in [5.74, 6) is 0. The van der Waals surface area contributed by atoms with Crippen molar-refractivity contribution in [1.29, 1.82) is 0 Å². The number of benzene rings is 1. The van der Waals surface area contributed by atoms with Crippen LogP contribution in [0.2, 0.25) is 10.0 Å². The van der Waals surface area contributed by atoms with Gasteiger partial charge in [-0.05, 0) is 45.4 Å². The number of hydrogen-bond donors (Lipinski definition) is 1. The highest BCUT2D eigenvalue weighted by Crippen LogP contribution is 2.26. The molecule has 0 radical (unpaired) electrons. The molecule has 0 bridgehead atoms. The molecular formula is C12H17Cl2NO. The van der Waals surface area contributed by atoms with Gasteiger partial charge in [0.25, 0.3) is 0 Å². The first-order valence-corrected chi connectivity index (χ1v) is 5.93. The molecule has 4 heteroatoms. The summed E-state index contributed by atoms with van der Waals surface area (Å²) in [4.78, 5) is 5.49. The molecule has 2 nitrogen and oxygen atoms in total. The van der Waals surface area contributed by atoms with Crippen molar-refractivity contribution in [2.45, 2.75) is 39.3 Å². The van der Waals surface area contributed by atoms with Gasteiger partial charge in [0.2, 0.25) is 0 Å². The third kappa shape index (κ3) is 4.30. The van der Waals surface area contributed by atoms with E-state index in [0.717, 1.165) is 5.56 Å². The first kappa shape index (κ1) is 13.8. The molecule has 0 fully saturated rings. The molecule has 1 unspecified atom stereocenters. The van der Waals surface area contributed by atoms with E-state index in [4.69, 9.17) is 28.0 Å². The van der Waals surface area contributed by atoms with Crippen molar-refractivity contribution in [2.75, 3.05) is 0 Å². The van der Waals surface area contributed by atoms with Crippen LogP contribution in [0.3, 0.4) is 0 Å². The normalized spacial score (nSPS) is 13.9. The second-order valence-corrected chi connectivity index (χ2v) is 5.56. The molecule has 0 aliphatic carbocycles. The molecule has 1 aromatic carbocycles. The lowest BCUT2D eigenvalue weighted by molar-refractivity contribution is -0.0866. The molecule has 1 atom stereocenters. The van der Waals surface area contributed by atoms with Crippen LogP contribution in [0.15, 0.2) is 18.2 Å². The molecule has 0 aliphatic rings. The van der Waals surface area contributed by atoms with E-state index in [1.54, 1.807) is 6.07 Å². The standard InChI is InChI=1S/C12H17Cl2NO/c1-8(15-16-12(2,3)4)10-6-5-9(13)7-11(10)14/h5-8,15H,1-4H3. The van der Waals surface area contributed by atoms with E-state index in [9.17, 15) is 0 Å². The fourth-order valence-corrected chi connectivity index (χ4v) is 1.75. The van der Waals surface area contributed by atoms with Gasteiger partial charge in [0.1, 0.15) is 0 Å². The summed E-state index contributed by atoms with van der Waals surface area (Å²) in [6, 6.07) is 5.46. The number of hydroxylamine groups is 1. The second kappa shape index (κ2) is 5.37. The van der Waals surface area contributed by atoms with Crippen LogP contribution in [0.1, 0.15) is 39.3 Å². The summed E-state index contributed by atoms with van der Waals surface area (Å²) in [5.41, 5.74) is 3.71. The van der Waals surface area contributed by atoms with E-state index in [1.807, 2.05) is 39.8 Å². The Morgan fingerprint density at radius 2 is 1.88 bits per heavy atom. The monoisotopic (exact) mass is 261 g/mol.